The molecule has 0 saturated heterocycles. The molecule has 0 rings (SSSR count). The van der Waals surface area contributed by atoms with E-state index in [0.29, 0.717) is 0 Å². The number of carbonyl (C=O) groups is 3. The molecule has 0 saturated carbocycles. The normalized spacial score (nSPS) is 9.14. The fraction of sp³-hybridized carbons (Fsp3) is 0.500. The van der Waals surface area contributed by atoms with Crippen LogP contribution < -0.4 is 16.4 Å². The van der Waals surface area contributed by atoms with Crippen molar-refractivity contribution in [1.29, 1.82) is 0 Å². The highest BCUT2D eigenvalue weighted by Crippen LogP contribution is 1.71. The zero-order valence-electron chi connectivity index (χ0n) is 7.28. The van der Waals surface area contributed by atoms with E-state index in [1.54, 1.807) is 0 Å². The summed E-state index contributed by atoms with van der Waals surface area (Å²) in [5, 5.41) is 12.2. The lowest BCUT2D eigenvalue weighted by atomic mass is 10.6. The number of carboxylic acid groups (broad SMARTS) is 1. The van der Waals surface area contributed by atoms with Crippen molar-refractivity contribution in [3.63, 3.8) is 0 Å². The zero-order chi connectivity index (χ0) is 11.0. The van der Waals surface area contributed by atoms with Crippen LogP contribution in [0.1, 0.15) is 0 Å². The van der Waals surface area contributed by atoms with Crippen molar-refractivity contribution in [3.05, 3.63) is 0 Å². The van der Waals surface area contributed by atoms with Crippen LogP contribution in [-0.2, 0) is 14.3 Å². The maximum Gasteiger partial charge on any atom is 0.405 e. The van der Waals surface area contributed by atoms with Crippen LogP contribution in [0.25, 0.3) is 0 Å². The molecule has 0 bridgehead atoms. The van der Waals surface area contributed by atoms with Gasteiger partial charge in [0, 0.05) is 0 Å². The Morgan fingerprint density at radius 1 is 1.29 bits per heavy atom. The van der Waals surface area contributed by atoms with Crippen LogP contribution in [0.3, 0.4) is 0 Å². The molecule has 0 spiro atoms. The van der Waals surface area contributed by atoms with Gasteiger partial charge in [0.15, 0.2) is 0 Å². The van der Waals surface area contributed by atoms with Crippen LogP contribution in [0, 0.1) is 0 Å². The lowest BCUT2D eigenvalue weighted by Crippen LogP contribution is -2.37. The largest absolute Gasteiger partial charge is 0.465 e. The summed E-state index contributed by atoms with van der Waals surface area (Å²) in [7, 11) is 0. The quantitative estimate of drug-likeness (QED) is 0.289. The van der Waals surface area contributed by atoms with Crippen LogP contribution in [-0.4, -0.2) is 42.9 Å². The molecule has 0 aliphatic rings. The Morgan fingerprint density at radius 2 is 1.93 bits per heavy atom. The zero-order valence-corrected chi connectivity index (χ0v) is 7.28. The average molecular weight is 205 g/mol. The number of carbonyl (C=O) groups excluding carboxylic acids is 2. The van der Waals surface area contributed by atoms with E-state index in [9.17, 15) is 14.4 Å². The Morgan fingerprint density at radius 3 is 2.43 bits per heavy atom. The van der Waals surface area contributed by atoms with Gasteiger partial charge in [0.25, 0.3) is 0 Å². The lowest BCUT2D eigenvalue weighted by molar-refractivity contribution is -0.126. The van der Waals surface area contributed by atoms with Crippen LogP contribution in [0.15, 0.2) is 0 Å². The van der Waals surface area contributed by atoms with Gasteiger partial charge in [0.1, 0.15) is 19.9 Å². The Bertz CT molecular complexity index is 230. The summed E-state index contributed by atoms with van der Waals surface area (Å²) in [5.74, 6) is -1.21. The molecule has 8 heteroatoms. The van der Waals surface area contributed by atoms with E-state index < -0.39 is 17.9 Å². The number of ether oxygens (including phenoxy) is 1. The molecule has 0 aliphatic heterocycles. The minimum absolute atomic E-state index is 0.191. The van der Waals surface area contributed by atoms with Gasteiger partial charge in [-0.05, 0) is 0 Å². The van der Waals surface area contributed by atoms with Crippen LogP contribution in [0.2, 0.25) is 0 Å². The SMILES string of the molecule is NC(=O)COCNC(=O)CNC(=O)O. The lowest BCUT2D eigenvalue weighted by Gasteiger charge is -2.04. The molecule has 0 unspecified atom stereocenters. The van der Waals surface area contributed by atoms with Gasteiger partial charge in [-0.3, -0.25) is 9.59 Å². The van der Waals surface area contributed by atoms with E-state index in [1.807, 2.05) is 5.32 Å². The first-order chi connectivity index (χ1) is 6.52. The summed E-state index contributed by atoms with van der Waals surface area (Å²) in [6.45, 7) is -0.856. The van der Waals surface area contributed by atoms with Gasteiger partial charge in [-0.2, -0.15) is 0 Å². The van der Waals surface area contributed by atoms with Gasteiger partial charge in [-0.25, -0.2) is 4.79 Å². The van der Waals surface area contributed by atoms with Crippen molar-refractivity contribution in [2.24, 2.45) is 5.73 Å². The Kier molecular flexibility index (Phi) is 5.79. The third-order valence-electron chi connectivity index (χ3n) is 1.02. The summed E-state index contributed by atoms with van der Waals surface area (Å²) in [6.07, 6.45) is -1.29. The molecular formula is C6H11N3O5. The summed E-state index contributed by atoms with van der Waals surface area (Å²) >= 11 is 0. The molecule has 0 aromatic rings. The maximum atomic E-state index is 10.8. The van der Waals surface area contributed by atoms with Crippen molar-refractivity contribution in [1.82, 2.24) is 10.6 Å². The number of nitrogens with one attached hydrogen (secondary N) is 2. The van der Waals surface area contributed by atoms with Gasteiger partial charge >= 0.3 is 6.09 Å². The molecule has 0 aromatic heterocycles. The Hall–Kier alpha value is -1.83. The molecule has 0 fully saturated rings. The molecule has 0 heterocycles. The molecule has 0 atom stereocenters. The molecule has 0 aromatic carbocycles. The Balaban J connectivity index is 3.36. The summed E-state index contributed by atoms with van der Waals surface area (Å²) in [6, 6.07) is 0. The third kappa shape index (κ3) is 8.27. The number of primary amides is 1. The smallest absolute Gasteiger partial charge is 0.405 e. The van der Waals surface area contributed by atoms with E-state index in [4.69, 9.17) is 10.8 Å². The molecular weight excluding hydrogens is 194 g/mol. The minimum atomic E-state index is -1.29. The molecule has 80 valence electrons. The summed E-state index contributed by atoms with van der Waals surface area (Å²) in [5.41, 5.74) is 4.74. The second-order valence-corrected chi connectivity index (χ2v) is 2.22. The van der Waals surface area contributed by atoms with Crippen molar-refractivity contribution in [2.45, 2.75) is 0 Å². The predicted molar refractivity (Wildman–Crippen MR) is 44.2 cm³/mol. The van der Waals surface area contributed by atoms with E-state index in [0.717, 1.165) is 0 Å². The fourth-order valence-corrected chi connectivity index (χ4v) is 0.502. The molecule has 14 heavy (non-hydrogen) atoms. The molecule has 8 nitrogen and oxygen atoms in total. The van der Waals surface area contributed by atoms with Crippen LogP contribution in [0.4, 0.5) is 4.79 Å². The highest BCUT2D eigenvalue weighted by molar-refractivity contribution is 5.81. The molecule has 0 aliphatic carbocycles. The number of hydrogen-bond donors (Lipinski definition) is 4. The number of amides is 3. The Labute approximate surface area is 79.4 Å². The van der Waals surface area contributed by atoms with Crippen LogP contribution in [0.5, 0.6) is 0 Å². The van der Waals surface area contributed by atoms with E-state index >= 15 is 0 Å². The summed E-state index contributed by atoms with van der Waals surface area (Å²) in [4.78, 5) is 30.9. The van der Waals surface area contributed by atoms with Crippen molar-refractivity contribution in [2.75, 3.05) is 19.9 Å². The predicted octanol–water partition coefficient (Wildman–Crippen LogP) is -2.17. The average Bonchev–Trinajstić information content (AvgIpc) is 2.08. The fourth-order valence-electron chi connectivity index (χ4n) is 0.502. The topological polar surface area (TPSA) is 131 Å². The van der Waals surface area contributed by atoms with Gasteiger partial charge in [-0.15, -0.1) is 0 Å². The third-order valence-corrected chi connectivity index (χ3v) is 1.02. The monoisotopic (exact) mass is 205 g/mol. The maximum absolute atomic E-state index is 10.8. The van der Waals surface area contributed by atoms with E-state index in [-0.39, 0.29) is 19.9 Å². The van der Waals surface area contributed by atoms with Gasteiger partial charge < -0.3 is 26.2 Å². The van der Waals surface area contributed by atoms with Crippen molar-refractivity contribution < 1.29 is 24.2 Å². The first-order valence-electron chi connectivity index (χ1n) is 3.62. The van der Waals surface area contributed by atoms with Crippen LogP contribution >= 0.6 is 0 Å². The number of nitrogens with two attached hydrogens (primary N) is 1. The molecule has 0 radical (unpaired) electrons. The van der Waals surface area contributed by atoms with E-state index in [1.165, 1.54) is 0 Å². The summed E-state index contributed by atoms with van der Waals surface area (Å²) < 4.78 is 4.59. The van der Waals surface area contributed by atoms with Crippen molar-refractivity contribution >= 4 is 17.9 Å². The number of hydrogen-bond acceptors (Lipinski definition) is 4. The van der Waals surface area contributed by atoms with Crippen molar-refractivity contribution in [3.8, 4) is 0 Å². The van der Waals surface area contributed by atoms with Gasteiger partial charge in [0.2, 0.25) is 11.8 Å². The second-order valence-electron chi connectivity index (χ2n) is 2.22. The first kappa shape index (κ1) is 12.2. The minimum Gasteiger partial charge on any atom is -0.465 e. The highest BCUT2D eigenvalue weighted by atomic mass is 16.5. The van der Waals surface area contributed by atoms with Gasteiger partial charge in [-0.1, -0.05) is 0 Å². The standard InChI is InChI=1S/C6H11N3O5/c7-4(10)2-14-3-9-5(11)1-8-6(12)13/h8H,1-3H2,(H2,7,10)(H,9,11)(H,12,13). The first-order valence-corrected chi connectivity index (χ1v) is 3.62. The van der Waals surface area contributed by atoms with Gasteiger partial charge in [0.05, 0.1) is 0 Å². The molecule has 3 amide bonds. The molecule has 5 N–H and O–H groups in total. The van der Waals surface area contributed by atoms with E-state index in [2.05, 4.69) is 10.1 Å². The highest BCUT2D eigenvalue weighted by Gasteiger charge is 2.02. The second kappa shape index (κ2) is 6.66. The number of rotatable bonds is 6.